The first-order valence-corrected chi connectivity index (χ1v) is 9.88. The summed E-state index contributed by atoms with van der Waals surface area (Å²) < 4.78 is 39.1. The third kappa shape index (κ3) is 4.52. The Balaban J connectivity index is 2.09. The van der Waals surface area contributed by atoms with Crippen molar-refractivity contribution in [2.24, 2.45) is 11.3 Å². The van der Waals surface area contributed by atoms with Gasteiger partial charge in [0.1, 0.15) is 4.21 Å². The first kappa shape index (κ1) is 17.9. The maximum atomic E-state index is 12.6. The third-order valence-electron chi connectivity index (χ3n) is 3.48. The van der Waals surface area contributed by atoms with E-state index in [1.165, 1.54) is 11.3 Å². The number of rotatable bonds is 7. The van der Waals surface area contributed by atoms with Crippen molar-refractivity contribution in [2.75, 3.05) is 19.8 Å². The van der Waals surface area contributed by atoms with Crippen LogP contribution in [0.2, 0.25) is 0 Å². The van der Waals surface area contributed by atoms with E-state index < -0.39 is 16.3 Å². The molecular formula is C15H25NO4S2. The van der Waals surface area contributed by atoms with Crippen molar-refractivity contribution in [3.63, 3.8) is 0 Å². The van der Waals surface area contributed by atoms with E-state index in [1.54, 1.807) is 11.4 Å². The van der Waals surface area contributed by atoms with Gasteiger partial charge in [0.15, 0.2) is 6.29 Å². The molecule has 0 spiro atoms. The van der Waals surface area contributed by atoms with Gasteiger partial charge in [0.25, 0.3) is 10.0 Å². The summed E-state index contributed by atoms with van der Waals surface area (Å²) in [5, 5.41) is 1.76. The van der Waals surface area contributed by atoms with Crippen LogP contribution in [0.1, 0.15) is 46.0 Å². The molecule has 0 aromatic carbocycles. The summed E-state index contributed by atoms with van der Waals surface area (Å²) in [6.45, 7) is 9.84. The van der Waals surface area contributed by atoms with Crippen molar-refractivity contribution in [3.05, 3.63) is 17.0 Å². The quantitative estimate of drug-likeness (QED) is 0.823. The normalized spacial score (nSPS) is 17.5. The van der Waals surface area contributed by atoms with E-state index in [2.05, 4.69) is 32.4 Å². The predicted octanol–water partition coefficient (Wildman–Crippen LogP) is 3.14. The Morgan fingerprint density at radius 3 is 2.59 bits per heavy atom. The van der Waals surface area contributed by atoms with Crippen LogP contribution in [-0.4, -0.2) is 28.2 Å². The molecule has 2 rings (SSSR count). The molecule has 126 valence electrons. The highest BCUT2D eigenvalue weighted by Gasteiger charge is 2.30. The fourth-order valence-electron chi connectivity index (χ4n) is 2.77. The van der Waals surface area contributed by atoms with Crippen LogP contribution in [0.3, 0.4) is 0 Å². The summed E-state index contributed by atoms with van der Waals surface area (Å²) in [6.07, 6.45) is 0.392. The van der Waals surface area contributed by atoms with Crippen molar-refractivity contribution in [1.82, 2.24) is 4.72 Å². The van der Waals surface area contributed by atoms with E-state index in [-0.39, 0.29) is 5.41 Å². The van der Waals surface area contributed by atoms with Gasteiger partial charge in [-0.3, -0.25) is 0 Å². The Morgan fingerprint density at radius 1 is 1.36 bits per heavy atom. The predicted molar refractivity (Wildman–Crippen MR) is 87.4 cm³/mol. The van der Waals surface area contributed by atoms with E-state index in [1.807, 2.05) is 0 Å². The van der Waals surface area contributed by atoms with Crippen molar-refractivity contribution in [2.45, 2.75) is 44.6 Å². The highest BCUT2D eigenvalue weighted by Crippen LogP contribution is 2.33. The van der Waals surface area contributed by atoms with Gasteiger partial charge >= 0.3 is 0 Å². The van der Waals surface area contributed by atoms with E-state index in [4.69, 9.17) is 9.47 Å². The number of ether oxygens (including phenoxy) is 2. The second-order valence-electron chi connectivity index (χ2n) is 6.82. The number of hydrogen-bond acceptors (Lipinski definition) is 5. The zero-order valence-corrected chi connectivity index (χ0v) is 15.2. The van der Waals surface area contributed by atoms with Crippen LogP contribution >= 0.6 is 11.3 Å². The first-order valence-electron chi connectivity index (χ1n) is 7.51. The van der Waals surface area contributed by atoms with Crippen LogP contribution in [0.15, 0.2) is 15.7 Å². The summed E-state index contributed by atoms with van der Waals surface area (Å²) in [6, 6.07) is 1.76. The number of hydrogen-bond donors (Lipinski definition) is 1. The minimum absolute atomic E-state index is 0.0843. The summed E-state index contributed by atoms with van der Waals surface area (Å²) >= 11 is 1.20. The largest absolute Gasteiger partial charge is 0.346 e. The summed E-state index contributed by atoms with van der Waals surface area (Å²) in [7, 11) is -3.55. The Morgan fingerprint density at radius 2 is 2.00 bits per heavy atom. The lowest BCUT2D eigenvalue weighted by Gasteiger charge is -2.26. The molecule has 0 radical (unpaired) electrons. The average molecular weight is 348 g/mol. The van der Waals surface area contributed by atoms with Crippen molar-refractivity contribution in [1.29, 1.82) is 0 Å². The third-order valence-corrected chi connectivity index (χ3v) is 6.40. The first-order chi connectivity index (χ1) is 10.2. The van der Waals surface area contributed by atoms with Crippen molar-refractivity contribution in [3.8, 4) is 0 Å². The summed E-state index contributed by atoms with van der Waals surface area (Å²) in [5.41, 5.74) is 0.510. The Labute approximate surface area is 137 Å². The highest BCUT2D eigenvalue weighted by atomic mass is 32.2. The van der Waals surface area contributed by atoms with Crippen LogP contribution in [-0.2, 0) is 19.5 Å². The zero-order chi connectivity index (χ0) is 16.4. The molecule has 1 aromatic heterocycles. The fourth-order valence-corrected chi connectivity index (χ4v) is 5.44. The molecule has 0 saturated carbocycles. The van der Waals surface area contributed by atoms with Gasteiger partial charge < -0.3 is 9.47 Å². The Hall–Kier alpha value is -0.470. The van der Waals surface area contributed by atoms with Gasteiger partial charge in [0.05, 0.1) is 13.2 Å². The second-order valence-corrected chi connectivity index (χ2v) is 9.70. The van der Waals surface area contributed by atoms with Gasteiger partial charge in [0, 0.05) is 12.1 Å². The molecular weight excluding hydrogens is 322 g/mol. The monoisotopic (exact) mass is 347 g/mol. The van der Waals surface area contributed by atoms with Gasteiger partial charge in [-0.2, -0.15) is 0 Å². The Bertz CT molecular complexity index is 586. The lowest BCUT2D eigenvalue weighted by atomic mass is 9.84. The molecule has 1 aliphatic rings. The van der Waals surface area contributed by atoms with Crippen LogP contribution in [0.5, 0.6) is 0 Å². The Kier molecular flexibility index (Phi) is 5.66. The van der Waals surface area contributed by atoms with Crippen LogP contribution < -0.4 is 4.72 Å². The molecule has 22 heavy (non-hydrogen) atoms. The van der Waals surface area contributed by atoms with Gasteiger partial charge in [-0.1, -0.05) is 27.7 Å². The molecule has 1 aromatic rings. The lowest BCUT2D eigenvalue weighted by Crippen LogP contribution is -2.35. The maximum Gasteiger partial charge on any atom is 0.250 e. The van der Waals surface area contributed by atoms with Gasteiger partial charge in [0.2, 0.25) is 0 Å². The minimum atomic E-state index is -3.55. The topological polar surface area (TPSA) is 64.6 Å². The summed E-state index contributed by atoms with van der Waals surface area (Å²) in [4.78, 5) is 0. The zero-order valence-electron chi connectivity index (χ0n) is 13.6. The van der Waals surface area contributed by atoms with Crippen LogP contribution in [0.25, 0.3) is 0 Å². The molecule has 5 nitrogen and oxygen atoms in total. The molecule has 7 heteroatoms. The highest BCUT2D eigenvalue weighted by molar-refractivity contribution is 7.91. The molecule has 0 unspecified atom stereocenters. The minimum Gasteiger partial charge on any atom is -0.346 e. The van der Waals surface area contributed by atoms with Crippen molar-refractivity contribution < 1.29 is 17.9 Å². The van der Waals surface area contributed by atoms with Crippen LogP contribution in [0.4, 0.5) is 0 Å². The molecule has 0 bridgehead atoms. The molecule has 1 saturated heterocycles. The number of nitrogens with one attached hydrogen (secondary N) is 1. The smallest absolute Gasteiger partial charge is 0.250 e. The molecule has 1 aliphatic heterocycles. The molecule has 2 heterocycles. The molecule has 1 N–H and O–H groups in total. The molecule has 1 fully saturated rings. The van der Waals surface area contributed by atoms with Gasteiger partial charge in [-0.15, -0.1) is 11.3 Å². The molecule has 0 aliphatic carbocycles. The van der Waals surface area contributed by atoms with E-state index in [0.717, 1.165) is 6.42 Å². The van der Waals surface area contributed by atoms with E-state index >= 15 is 0 Å². The number of thiophene rings is 1. The SMILES string of the molecule is CC(C)CC(C)(C)CNS(=O)(=O)c1sccc1C1OCCO1. The molecule has 0 amide bonds. The fraction of sp³-hybridized carbons (Fsp3) is 0.733. The molecule has 0 atom stereocenters. The van der Waals surface area contributed by atoms with E-state index in [0.29, 0.717) is 35.4 Å². The summed E-state index contributed by atoms with van der Waals surface area (Å²) in [5.74, 6) is 0.525. The maximum absolute atomic E-state index is 12.6. The second kappa shape index (κ2) is 6.97. The van der Waals surface area contributed by atoms with E-state index in [9.17, 15) is 8.42 Å². The lowest BCUT2D eigenvalue weighted by molar-refractivity contribution is -0.0456. The van der Waals surface area contributed by atoms with Crippen LogP contribution in [0, 0.1) is 11.3 Å². The van der Waals surface area contributed by atoms with Crippen molar-refractivity contribution >= 4 is 21.4 Å². The standard InChI is InChI=1S/C15H25NO4S2/c1-11(2)9-15(3,4)10-16-22(17,18)14-12(5-8-21-14)13-19-6-7-20-13/h5,8,11,13,16H,6-7,9-10H2,1-4H3. The number of sulfonamides is 1. The van der Waals surface area contributed by atoms with Gasteiger partial charge in [-0.05, 0) is 29.2 Å². The van der Waals surface area contributed by atoms with Gasteiger partial charge in [-0.25, -0.2) is 13.1 Å². The average Bonchev–Trinajstić information content (AvgIpc) is 3.05.